The van der Waals surface area contributed by atoms with Gasteiger partial charge in [-0.25, -0.2) is 13.1 Å². The minimum atomic E-state index is -3.35. The smallest absolute Gasteiger partial charge is 0.224 e. The number of amides is 1. The highest BCUT2D eigenvalue weighted by atomic mass is 32.2. The van der Waals surface area contributed by atoms with Gasteiger partial charge in [0.1, 0.15) is 5.25 Å². The molecule has 3 aliphatic rings. The molecule has 0 aromatic heterocycles. The number of hydrogen-bond donors (Lipinski definition) is 1. The van der Waals surface area contributed by atoms with Crippen LogP contribution in [-0.4, -0.2) is 43.6 Å². The topological polar surface area (TPSA) is 66.5 Å². The van der Waals surface area contributed by atoms with E-state index in [1.165, 1.54) is 0 Å². The Morgan fingerprint density at radius 3 is 2.58 bits per heavy atom. The fourth-order valence-electron chi connectivity index (χ4n) is 2.85. The molecule has 19 heavy (non-hydrogen) atoms. The van der Waals surface area contributed by atoms with Crippen LogP contribution in [0.4, 0.5) is 0 Å². The number of rotatable bonds is 6. The highest BCUT2D eigenvalue weighted by molar-refractivity contribution is 7.90. The molecular weight excluding hydrogens is 264 g/mol. The molecule has 1 N–H and O–H groups in total. The lowest BCUT2D eigenvalue weighted by Crippen LogP contribution is -2.39. The summed E-state index contributed by atoms with van der Waals surface area (Å²) in [5.41, 5.74) is 0.200. The summed E-state index contributed by atoms with van der Waals surface area (Å²) >= 11 is 0. The van der Waals surface area contributed by atoms with E-state index in [-0.39, 0.29) is 17.7 Å². The van der Waals surface area contributed by atoms with Crippen molar-refractivity contribution in [1.29, 1.82) is 0 Å². The molecule has 108 valence electrons. The molecule has 2 saturated carbocycles. The second-order valence-corrected chi connectivity index (χ2v) is 8.37. The molecule has 1 saturated heterocycles. The number of carbonyl (C=O) groups is 1. The predicted molar refractivity (Wildman–Crippen MR) is 72.0 cm³/mol. The van der Waals surface area contributed by atoms with Gasteiger partial charge >= 0.3 is 0 Å². The van der Waals surface area contributed by atoms with E-state index in [0.29, 0.717) is 19.1 Å². The predicted octanol–water partition coefficient (Wildman–Crippen LogP) is 0.859. The van der Waals surface area contributed by atoms with Crippen LogP contribution in [0.1, 0.15) is 45.4 Å². The van der Waals surface area contributed by atoms with Gasteiger partial charge < -0.3 is 4.90 Å². The molecule has 0 bridgehead atoms. The maximum Gasteiger partial charge on any atom is 0.224 e. The van der Waals surface area contributed by atoms with Crippen LogP contribution in [0.3, 0.4) is 0 Å². The fourth-order valence-corrected chi connectivity index (χ4v) is 4.31. The van der Waals surface area contributed by atoms with Crippen molar-refractivity contribution in [2.75, 3.05) is 13.1 Å². The Morgan fingerprint density at radius 1 is 1.37 bits per heavy atom. The first-order valence-electron chi connectivity index (χ1n) is 7.24. The third-order valence-corrected chi connectivity index (χ3v) is 6.65. The van der Waals surface area contributed by atoms with Crippen LogP contribution in [-0.2, 0) is 14.8 Å². The molecule has 1 atom stereocenters. The average molecular weight is 286 g/mol. The quantitative estimate of drug-likeness (QED) is 0.787. The minimum absolute atomic E-state index is 0.00880. The largest absolute Gasteiger partial charge is 0.338 e. The molecule has 5 nitrogen and oxygen atoms in total. The van der Waals surface area contributed by atoms with Gasteiger partial charge in [-0.2, -0.15) is 0 Å². The number of hydrogen-bond acceptors (Lipinski definition) is 3. The van der Waals surface area contributed by atoms with Gasteiger partial charge in [0.25, 0.3) is 0 Å². The zero-order valence-electron chi connectivity index (χ0n) is 11.4. The van der Waals surface area contributed by atoms with E-state index >= 15 is 0 Å². The van der Waals surface area contributed by atoms with Crippen LogP contribution in [0.2, 0.25) is 0 Å². The molecule has 0 unspecified atom stereocenters. The number of nitrogens with one attached hydrogen (secondary N) is 1. The van der Waals surface area contributed by atoms with E-state index in [2.05, 4.69) is 11.6 Å². The van der Waals surface area contributed by atoms with E-state index in [9.17, 15) is 13.2 Å². The highest BCUT2D eigenvalue weighted by Gasteiger charge is 2.46. The molecule has 1 aliphatic heterocycles. The Balaban J connectivity index is 1.59. The minimum Gasteiger partial charge on any atom is -0.338 e. The zero-order chi connectivity index (χ0) is 13.7. The number of nitrogens with zero attached hydrogens (tertiary/aromatic N) is 1. The lowest BCUT2D eigenvalue weighted by molar-refractivity contribution is -0.128. The molecule has 3 fully saturated rings. The third-order valence-electron chi connectivity index (χ3n) is 4.90. The molecule has 2 aliphatic carbocycles. The maximum atomic E-state index is 12.3. The molecule has 3 rings (SSSR count). The van der Waals surface area contributed by atoms with Crippen LogP contribution < -0.4 is 4.72 Å². The Morgan fingerprint density at radius 2 is 2.05 bits per heavy atom. The van der Waals surface area contributed by atoms with Gasteiger partial charge in [-0.15, -0.1) is 0 Å². The molecule has 6 heteroatoms. The van der Waals surface area contributed by atoms with Crippen molar-refractivity contribution in [2.24, 2.45) is 5.41 Å². The summed E-state index contributed by atoms with van der Waals surface area (Å²) in [6, 6.07) is 0.318. The Bertz CT molecular complexity index is 480. The van der Waals surface area contributed by atoms with Crippen molar-refractivity contribution in [3.63, 3.8) is 0 Å². The monoisotopic (exact) mass is 286 g/mol. The normalized spacial score (nSPS) is 29.8. The fraction of sp³-hybridized carbons (Fsp3) is 0.923. The van der Waals surface area contributed by atoms with E-state index in [0.717, 1.165) is 32.1 Å². The first-order valence-corrected chi connectivity index (χ1v) is 8.78. The van der Waals surface area contributed by atoms with Gasteiger partial charge in [-0.3, -0.25) is 4.79 Å². The first kappa shape index (κ1) is 13.4. The summed E-state index contributed by atoms with van der Waals surface area (Å²) < 4.78 is 27.3. The standard InChI is InChI=1S/C13H22N2O3S/c1-2-13(5-6-13)9-14-19(17,18)11-7-12(16)15(8-11)10-3-4-10/h10-11,14H,2-9H2,1H3/t11-/m0/s1. The average Bonchev–Trinajstić information content (AvgIpc) is 3.28. The van der Waals surface area contributed by atoms with Gasteiger partial charge in [0, 0.05) is 25.6 Å². The van der Waals surface area contributed by atoms with Crippen LogP contribution in [0, 0.1) is 5.41 Å². The van der Waals surface area contributed by atoms with E-state index < -0.39 is 15.3 Å². The summed E-state index contributed by atoms with van der Waals surface area (Å²) in [7, 11) is -3.35. The van der Waals surface area contributed by atoms with Crippen LogP contribution in [0.25, 0.3) is 0 Å². The Kier molecular flexibility index (Phi) is 3.13. The molecule has 0 aromatic carbocycles. The molecular formula is C13H22N2O3S. The number of sulfonamides is 1. The van der Waals surface area contributed by atoms with Crippen molar-refractivity contribution in [3.05, 3.63) is 0 Å². The van der Waals surface area contributed by atoms with Gasteiger partial charge in [-0.1, -0.05) is 6.92 Å². The van der Waals surface area contributed by atoms with Gasteiger partial charge in [0.05, 0.1) is 0 Å². The Hall–Kier alpha value is -0.620. The lowest BCUT2D eigenvalue weighted by Gasteiger charge is -2.18. The first-order chi connectivity index (χ1) is 8.96. The molecule has 1 heterocycles. The Labute approximate surface area is 114 Å². The van der Waals surface area contributed by atoms with Gasteiger partial charge in [0.15, 0.2) is 0 Å². The van der Waals surface area contributed by atoms with E-state index in [1.54, 1.807) is 4.90 Å². The second-order valence-electron chi connectivity index (χ2n) is 6.32. The van der Waals surface area contributed by atoms with Crippen LogP contribution in [0.15, 0.2) is 0 Å². The van der Waals surface area contributed by atoms with Crippen molar-refractivity contribution in [2.45, 2.75) is 56.7 Å². The molecule has 0 spiro atoms. The maximum absolute atomic E-state index is 12.3. The third kappa shape index (κ3) is 2.65. The molecule has 0 aromatic rings. The summed E-state index contributed by atoms with van der Waals surface area (Å²) in [5.74, 6) is 0.00880. The summed E-state index contributed by atoms with van der Waals surface area (Å²) in [4.78, 5) is 13.6. The zero-order valence-corrected chi connectivity index (χ0v) is 12.2. The molecule has 1 amide bonds. The van der Waals surface area contributed by atoms with Crippen molar-refractivity contribution in [3.8, 4) is 0 Å². The summed E-state index contributed by atoms with van der Waals surface area (Å²) in [5, 5.41) is -0.548. The number of carbonyl (C=O) groups excluding carboxylic acids is 1. The number of likely N-dealkylation sites (tertiary alicyclic amines) is 1. The lowest BCUT2D eigenvalue weighted by atomic mass is 10.1. The summed E-state index contributed by atoms with van der Waals surface area (Å²) in [6.07, 6.45) is 5.47. The van der Waals surface area contributed by atoms with Crippen molar-refractivity contribution >= 4 is 15.9 Å². The van der Waals surface area contributed by atoms with E-state index in [4.69, 9.17) is 0 Å². The van der Waals surface area contributed by atoms with Gasteiger partial charge in [-0.05, 0) is 37.5 Å². The second kappa shape index (κ2) is 4.45. The van der Waals surface area contributed by atoms with Gasteiger partial charge in [0.2, 0.25) is 15.9 Å². The van der Waals surface area contributed by atoms with E-state index in [1.807, 2.05) is 0 Å². The van der Waals surface area contributed by atoms with Crippen LogP contribution >= 0.6 is 0 Å². The SMILES string of the molecule is CCC1(CNS(=O)(=O)[C@H]2CC(=O)N(C3CC3)C2)CC1. The van der Waals surface area contributed by atoms with Crippen molar-refractivity contribution < 1.29 is 13.2 Å². The van der Waals surface area contributed by atoms with Crippen molar-refractivity contribution in [1.82, 2.24) is 9.62 Å². The van der Waals surface area contributed by atoms with Crippen LogP contribution in [0.5, 0.6) is 0 Å². The summed E-state index contributed by atoms with van der Waals surface area (Å²) in [6.45, 7) is 3.03. The highest BCUT2D eigenvalue weighted by Crippen LogP contribution is 2.48. The molecule has 0 radical (unpaired) electrons.